The lowest BCUT2D eigenvalue weighted by atomic mass is 9.81. The summed E-state index contributed by atoms with van der Waals surface area (Å²) in [6, 6.07) is 49.8. The van der Waals surface area contributed by atoms with Crippen LogP contribution in [0.3, 0.4) is 0 Å². The molecule has 0 atom stereocenters. The van der Waals surface area contributed by atoms with E-state index in [1.165, 1.54) is 0 Å². The van der Waals surface area contributed by atoms with Crippen LogP contribution in [0.5, 0.6) is 11.5 Å². The van der Waals surface area contributed by atoms with Gasteiger partial charge in [-0.25, -0.2) is 26.9 Å². The van der Waals surface area contributed by atoms with Gasteiger partial charge in [-0.1, -0.05) is 156 Å². The van der Waals surface area contributed by atoms with E-state index in [-0.39, 0.29) is 35.2 Å². The Bertz CT molecular complexity index is 4110. The number of pyridine rings is 1. The number of aromatic nitrogens is 2. The van der Waals surface area contributed by atoms with Crippen molar-refractivity contribution in [3.63, 3.8) is 0 Å². The summed E-state index contributed by atoms with van der Waals surface area (Å²) in [4.78, 5) is 8.89. The Morgan fingerprint density at radius 3 is 1.74 bits per heavy atom. The molecule has 3 heterocycles. The zero-order valence-corrected chi connectivity index (χ0v) is 48.0. The van der Waals surface area contributed by atoms with Crippen molar-refractivity contribution in [1.29, 1.82) is 0 Å². The van der Waals surface area contributed by atoms with Gasteiger partial charge >= 0.3 is 0 Å². The smallest absolute Gasteiger partial charge is 0.200 e. The lowest BCUT2D eigenvalue weighted by Gasteiger charge is -2.31. The van der Waals surface area contributed by atoms with E-state index < -0.39 is 46.0 Å². The van der Waals surface area contributed by atoms with E-state index in [0.29, 0.717) is 39.7 Å². The SMILES string of the molecule is [2H]C(C)(C)c1ccccc1-c1cc(Oc2ccc3c4ccccc4n(-c4cc(C(C)(C)C)ccn4)c3c2)cc(N2CN(c3c(-c4cc(C(C)C)cc(C(C)C)c4)cc(C(C)(C)C)cc3-c3c(F)c(F)c(F)c(F)c3F)c3ccccc32)c1. The van der Waals surface area contributed by atoms with Crippen LogP contribution < -0.4 is 14.5 Å². The minimum atomic E-state index is -2.23. The highest BCUT2D eigenvalue weighted by Crippen LogP contribution is 2.54. The van der Waals surface area contributed by atoms with Gasteiger partial charge in [-0.05, 0) is 140 Å². The average molecular weight is 1090 g/mol. The number of para-hydroxylation sites is 3. The molecule has 0 N–H and O–H groups in total. The third kappa shape index (κ3) is 9.91. The fourth-order valence-electron chi connectivity index (χ4n) is 11.3. The number of hydrogen-bond donors (Lipinski definition) is 0. The lowest BCUT2D eigenvalue weighted by Crippen LogP contribution is -2.25. The Morgan fingerprint density at radius 2 is 1.09 bits per heavy atom. The molecule has 0 fully saturated rings. The quantitative estimate of drug-likeness (QED) is 0.0734. The zero-order valence-electron chi connectivity index (χ0n) is 49.0. The van der Waals surface area contributed by atoms with Gasteiger partial charge in [0.15, 0.2) is 23.3 Å². The predicted octanol–water partition coefficient (Wildman–Crippen LogP) is 20.9. The highest BCUT2D eigenvalue weighted by molar-refractivity contribution is 6.09. The molecule has 0 amide bonds. The summed E-state index contributed by atoms with van der Waals surface area (Å²) in [5.74, 6) is -9.11. The number of benzene rings is 8. The molecule has 81 heavy (non-hydrogen) atoms. The van der Waals surface area contributed by atoms with E-state index in [1.807, 2.05) is 143 Å². The van der Waals surface area contributed by atoms with Crippen LogP contribution in [-0.4, -0.2) is 16.2 Å². The van der Waals surface area contributed by atoms with Crippen LogP contribution in [-0.2, 0) is 10.8 Å². The molecule has 5 nitrogen and oxygen atoms in total. The van der Waals surface area contributed by atoms with Crippen LogP contribution in [0.1, 0.15) is 130 Å². The van der Waals surface area contributed by atoms with Crippen LogP contribution in [0, 0.1) is 29.1 Å². The van der Waals surface area contributed by atoms with Crippen molar-refractivity contribution in [3.8, 4) is 50.7 Å². The molecule has 0 aliphatic carbocycles. The maximum Gasteiger partial charge on any atom is 0.200 e. The Balaban J connectivity index is 1.14. The van der Waals surface area contributed by atoms with E-state index in [4.69, 9.17) is 9.72 Å². The van der Waals surface area contributed by atoms with Crippen LogP contribution in [0.15, 0.2) is 158 Å². The lowest BCUT2D eigenvalue weighted by molar-refractivity contribution is 0.381. The molecular formula is C71H67F5N4O. The number of anilines is 4. The molecule has 0 saturated carbocycles. The third-order valence-corrected chi connectivity index (χ3v) is 15.8. The first kappa shape index (κ1) is 53.4. The van der Waals surface area contributed by atoms with Gasteiger partial charge in [-0.15, -0.1) is 0 Å². The summed E-state index contributed by atoms with van der Waals surface area (Å²) in [5, 5.41) is 2.09. The zero-order chi connectivity index (χ0) is 58.5. The summed E-state index contributed by atoms with van der Waals surface area (Å²) in [6.45, 7) is 24.6. The average Bonchev–Trinajstić information content (AvgIpc) is 2.31. The van der Waals surface area contributed by atoms with Crippen molar-refractivity contribution in [2.75, 3.05) is 16.5 Å². The van der Waals surface area contributed by atoms with Crippen molar-refractivity contribution in [2.24, 2.45) is 0 Å². The second-order valence-corrected chi connectivity index (χ2v) is 24.3. The Kier molecular flexibility index (Phi) is 13.6. The van der Waals surface area contributed by atoms with Gasteiger partial charge in [-0.2, -0.15) is 0 Å². The van der Waals surface area contributed by atoms with E-state index in [1.54, 1.807) is 6.07 Å². The van der Waals surface area contributed by atoms with Crippen LogP contribution in [0.25, 0.3) is 61.0 Å². The normalized spacial score (nSPS) is 13.3. The molecular weight excluding hydrogens is 1020 g/mol. The molecule has 11 rings (SSSR count). The maximum absolute atomic E-state index is 16.8. The standard InChI is InChI=1S/C71H67F5N4O/c1-40(2)43-29-44(41(3)4)31-45(30-43)56-34-48(71(10,11)12)35-57(63-64(72)66(74)68(76)67(75)65(63)73)69(56)79-39-78(59-23-17-18-24-60(59)79)49-32-46(53-20-14-13-19-52(53)42(5)6)33-51(37-49)81-50-25-26-55-54-21-15-16-22-58(54)80(61(55)38-50)62-36-47(27-28-77-62)70(7,8)9/h13-38,40-42H,39H2,1-12H3/i42D. The van der Waals surface area contributed by atoms with Gasteiger partial charge in [0.25, 0.3) is 0 Å². The molecule has 412 valence electrons. The van der Waals surface area contributed by atoms with Gasteiger partial charge in [0.2, 0.25) is 5.82 Å². The second-order valence-electron chi connectivity index (χ2n) is 24.3. The monoisotopic (exact) mass is 1090 g/mol. The Labute approximate surface area is 473 Å². The van der Waals surface area contributed by atoms with Crippen molar-refractivity contribution in [1.82, 2.24) is 9.55 Å². The van der Waals surface area contributed by atoms with E-state index in [0.717, 1.165) is 66.6 Å². The maximum atomic E-state index is 16.8. The molecule has 10 heteroatoms. The molecule has 0 radical (unpaired) electrons. The Morgan fingerprint density at radius 1 is 0.506 bits per heavy atom. The van der Waals surface area contributed by atoms with Gasteiger partial charge in [0, 0.05) is 47.3 Å². The molecule has 10 aromatic rings. The largest absolute Gasteiger partial charge is 0.457 e. The summed E-state index contributed by atoms with van der Waals surface area (Å²) in [5.41, 5.74) is 9.75. The summed E-state index contributed by atoms with van der Waals surface area (Å²) in [6.07, 6.45) is 1.85. The minimum Gasteiger partial charge on any atom is -0.457 e. The molecule has 0 bridgehead atoms. The molecule has 8 aromatic carbocycles. The van der Waals surface area contributed by atoms with Crippen molar-refractivity contribution in [2.45, 2.75) is 112 Å². The van der Waals surface area contributed by atoms with Crippen LogP contribution in [0.4, 0.5) is 44.7 Å². The summed E-state index contributed by atoms with van der Waals surface area (Å²) < 4.78 is 98.6. The summed E-state index contributed by atoms with van der Waals surface area (Å²) in [7, 11) is 0. The van der Waals surface area contributed by atoms with Crippen LogP contribution >= 0.6 is 0 Å². The van der Waals surface area contributed by atoms with Crippen LogP contribution in [0.2, 0.25) is 0 Å². The Hall–Kier alpha value is -8.24. The number of hydrogen-bond acceptors (Lipinski definition) is 4. The van der Waals surface area contributed by atoms with Gasteiger partial charge in [-0.3, -0.25) is 4.57 Å². The third-order valence-electron chi connectivity index (χ3n) is 15.8. The molecule has 0 spiro atoms. The first-order valence-corrected chi connectivity index (χ1v) is 27.7. The molecule has 0 saturated heterocycles. The number of fused-ring (bicyclic) bond motifs is 4. The fraction of sp³-hybridized carbons (Fsp3) is 0.254. The topological polar surface area (TPSA) is 33.5 Å². The van der Waals surface area contributed by atoms with E-state index in [2.05, 4.69) is 106 Å². The molecule has 1 aliphatic rings. The number of nitrogens with zero attached hydrogens (tertiary/aromatic N) is 4. The predicted molar refractivity (Wildman–Crippen MR) is 323 cm³/mol. The van der Waals surface area contributed by atoms with Gasteiger partial charge < -0.3 is 14.5 Å². The van der Waals surface area contributed by atoms with E-state index in [9.17, 15) is 1.37 Å². The number of ether oxygens (including phenoxy) is 1. The molecule has 1 aliphatic heterocycles. The van der Waals surface area contributed by atoms with E-state index >= 15 is 22.0 Å². The summed E-state index contributed by atoms with van der Waals surface area (Å²) >= 11 is 0. The van der Waals surface area contributed by atoms with Gasteiger partial charge in [0.1, 0.15) is 24.0 Å². The molecule has 2 aromatic heterocycles. The van der Waals surface area contributed by atoms with Crippen molar-refractivity contribution < 1.29 is 28.1 Å². The highest BCUT2D eigenvalue weighted by atomic mass is 19.2. The number of halogens is 5. The first-order valence-electron chi connectivity index (χ1n) is 28.2. The van der Waals surface area contributed by atoms with Gasteiger partial charge in [0.05, 0.1) is 33.7 Å². The highest BCUT2D eigenvalue weighted by Gasteiger charge is 2.37. The fourth-order valence-corrected chi connectivity index (χ4v) is 11.3. The second kappa shape index (κ2) is 20.7. The number of rotatable bonds is 11. The van der Waals surface area contributed by atoms with Crippen molar-refractivity contribution >= 4 is 44.6 Å². The minimum absolute atomic E-state index is 0.0334. The first-order chi connectivity index (χ1) is 38.8. The molecule has 0 unspecified atom stereocenters. The van der Waals surface area contributed by atoms with Crippen molar-refractivity contribution in [3.05, 3.63) is 215 Å².